The Morgan fingerprint density at radius 2 is 0.962 bits per heavy atom. The molecule has 6 rings (SSSR count). The summed E-state index contributed by atoms with van der Waals surface area (Å²) in [4.78, 5) is 26.5. The Labute approximate surface area is 310 Å². The molecule has 10 nitrogen and oxygen atoms in total. The average Bonchev–Trinajstić information content (AvgIpc) is 3.33. The summed E-state index contributed by atoms with van der Waals surface area (Å²) in [5.74, 6) is 0.773. The molecule has 2 aromatic rings. The molecule has 0 saturated carbocycles. The maximum absolute atomic E-state index is 13.8. The summed E-state index contributed by atoms with van der Waals surface area (Å²) >= 11 is 0. The van der Waals surface area contributed by atoms with Crippen molar-refractivity contribution < 1.29 is 47.7 Å². The molecule has 4 aliphatic heterocycles. The summed E-state index contributed by atoms with van der Waals surface area (Å²) in [6.07, 6.45) is 6.80. The van der Waals surface area contributed by atoms with E-state index in [4.69, 9.17) is 18.9 Å². The van der Waals surface area contributed by atoms with E-state index in [-0.39, 0.29) is 42.4 Å². The number of ether oxygens (including phenoxy) is 4. The third-order valence-corrected chi connectivity index (χ3v) is 13.8. The third-order valence-electron chi connectivity index (χ3n) is 13.8. The van der Waals surface area contributed by atoms with Crippen LogP contribution in [0.5, 0.6) is 23.0 Å². The monoisotopic (exact) mass is 722 g/mol. The molecule has 0 amide bonds. The predicted molar refractivity (Wildman–Crippen MR) is 199 cm³/mol. The number of nitrogens with zero attached hydrogens (tertiary/aromatic N) is 2. The van der Waals surface area contributed by atoms with Gasteiger partial charge in [0.2, 0.25) is 0 Å². The lowest BCUT2D eigenvalue weighted by Crippen LogP contribution is -2.63. The lowest BCUT2D eigenvalue weighted by Gasteiger charge is -2.55. The van der Waals surface area contributed by atoms with Gasteiger partial charge >= 0.3 is 11.9 Å². The predicted octanol–water partition coefficient (Wildman–Crippen LogP) is 7.30. The number of piperidine rings is 2. The molecule has 10 heteroatoms. The molecule has 2 N–H and O–H groups in total. The first-order chi connectivity index (χ1) is 24.9. The standard InChI is InChI=1S/C42H60N2O8/c1-7-49-36-17-11-28(19-38(36)51-9-3)26-43(5)32-13-14-33(43)22-30(21-32)42(41(47)48,25-40(45)46)31-23-34-15-16-35(24-31)44(34,6)27-29-12-18-37(50-8-2)39(20-29)52-10-4/h11-12,17-20,30-35H,7-10,13-16,21-27H2,1-6H3/p+2/t30?,31?,32-,33+,34-,35+,42?,43?,44?. The van der Waals surface area contributed by atoms with Gasteiger partial charge in [-0.05, 0) is 75.9 Å². The molecule has 4 heterocycles. The van der Waals surface area contributed by atoms with Crippen LogP contribution in [0.2, 0.25) is 0 Å². The number of aliphatic carboxylic acids is 2. The molecule has 2 aromatic carbocycles. The zero-order valence-electron chi connectivity index (χ0n) is 32.3. The second-order valence-corrected chi connectivity index (χ2v) is 16.3. The van der Waals surface area contributed by atoms with Gasteiger partial charge in [-0.15, -0.1) is 0 Å². The van der Waals surface area contributed by atoms with Crippen LogP contribution in [0.25, 0.3) is 0 Å². The Morgan fingerprint density at radius 3 is 1.27 bits per heavy atom. The normalized spacial score (nSPS) is 31.8. The van der Waals surface area contributed by atoms with E-state index in [1.807, 2.05) is 39.8 Å². The number of carboxylic acid groups (broad SMARTS) is 2. The van der Waals surface area contributed by atoms with E-state index in [2.05, 4.69) is 38.4 Å². The second kappa shape index (κ2) is 15.5. The van der Waals surface area contributed by atoms with Crippen LogP contribution in [-0.4, -0.2) is 95.8 Å². The van der Waals surface area contributed by atoms with Gasteiger partial charge in [0.1, 0.15) is 13.1 Å². The molecule has 0 spiro atoms. The number of rotatable bonds is 17. The van der Waals surface area contributed by atoms with Crippen molar-refractivity contribution in [3.8, 4) is 23.0 Å². The van der Waals surface area contributed by atoms with E-state index in [1.54, 1.807) is 0 Å². The number of benzene rings is 2. The average molecular weight is 723 g/mol. The molecule has 0 aromatic heterocycles. The molecule has 0 aliphatic carbocycles. The van der Waals surface area contributed by atoms with Gasteiger partial charge in [-0.3, -0.25) is 9.59 Å². The molecule has 52 heavy (non-hydrogen) atoms. The highest BCUT2D eigenvalue weighted by molar-refractivity contribution is 5.82. The number of fused-ring (bicyclic) bond motifs is 4. The van der Waals surface area contributed by atoms with Crippen molar-refractivity contribution in [3.05, 3.63) is 47.5 Å². The highest BCUT2D eigenvalue weighted by Gasteiger charge is 2.64. The topological polar surface area (TPSA) is 112 Å². The van der Waals surface area contributed by atoms with Crippen molar-refractivity contribution >= 4 is 11.9 Å². The summed E-state index contributed by atoms with van der Waals surface area (Å²) in [7, 11) is 4.66. The number of hydrogen-bond donors (Lipinski definition) is 2. The van der Waals surface area contributed by atoms with Crippen LogP contribution in [0.4, 0.5) is 0 Å². The minimum absolute atomic E-state index is 0.176. The maximum atomic E-state index is 13.8. The summed E-state index contributed by atoms with van der Waals surface area (Å²) in [6.45, 7) is 11.8. The van der Waals surface area contributed by atoms with Crippen molar-refractivity contribution in [2.24, 2.45) is 17.3 Å². The quantitative estimate of drug-likeness (QED) is 0.164. The fourth-order valence-corrected chi connectivity index (χ4v) is 11.3. The number of carbonyl (C=O) groups is 2. The first-order valence-electron chi connectivity index (χ1n) is 19.8. The smallest absolute Gasteiger partial charge is 0.310 e. The molecule has 4 aliphatic rings. The SMILES string of the molecule is CCOc1ccc(C[N+]2(C)[C@@H]3CC[C@H]2CC(C(CC(=O)O)(C(=O)O)C2C[C@H]4CC[C@@H](C2)[N+]4(C)Cc2ccc(OCC)c(OCC)c2)C3)cc1OCC. The van der Waals surface area contributed by atoms with E-state index in [9.17, 15) is 19.8 Å². The van der Waals surface area contributed by atoms with E-state index < -0.39 is 17.4 Å². The fourth-order valence-electron chi connectivity index (χ4n) is 11.3. The van der Waals surface area contributed by atoms with Crippen LogP contribution in [0.1, 0.15) is 96.6 Å². The van der Waals surface area contributed by atoms with Crippen LogP contribution in [-0.2, 0) is 22.7 Å². The highest BCUT2D eigenvalue weighted by atomic mass is 16.5. The number of hydrogen-bond acceptors (Lipinski definition) is 6. The fraction of sp³-hybridized carbons (Fsp3) is 0.667. The minimum Gasteiger partial charge on any atom is -0.490 e. The zero-order valence-corrected chi connectivity index (χ0v) is 32.3. The Kier molecular flexibility index (Phi) is 11.4. The Morgan fingerprint density at radius 1 is 0.615 bits per heavy atom. The van der Waals surface area contributed by atoms with Gasteiger partial charge in [-0.25, -0.2) is 0 Å². The lowest BCUT2D eigenvalue weighted by atomic mass is 9.57. The van der Waals surface area contributed by atoms with E-state index in [0.29, 0.717) is 26.4 Å². The first kappa shape index (κ1) is 38.2. The highest BCUT2D eigenvalue weighted by Crippen LogP contribution is 2.59. The number of quaternary nitrogens is 2. The van der Waals surface area contributed by atoms with Crippen LogP contribution in [0, 0.1) is 17.3 Å². The van der Waals surface area contributed by atoms with Gasteiger partial charge in [0.25, 0.3) is 0 Å². The Balaban J connectivity index is 1.24. The molecule has 8 atom stereocenters. The van der Waals surface area contributed by atoms with Gasteiger partial charge < -0.3 is 38.1 Å². The van der Waals surface area contributed by atoms with Gasteiger partial charge in [0, 0.05) is 62.5 Å². The van der Waals surface area contributed by atoms with Gasteiger partial charge in [0.05, 0.1) is 76.5 Å². The lowest BCUT2D eigenvalue weighted by molar-refractivity contribution is -0.963. The van der Waals surface area contributed by atoms with Crippen molar-refractivity contribution in [1.29, 1.82) is 0 Å². The van der Waals surface area contributed by atoms with Gasteiger partial charge in [-0.2, -0.15) is 0 Å². The molecule has 4 fully saturated rings. The van der Waals surface area contributed by atoms with Crippen LogP contribution >= 0.6 is 0 Å². The van der Waals surface area contributed by atoms with Crippen molar-refractivity contribution in [1.82, 2.24) is 0 Å². The second-order valence-electron chi connectivity index (χ2n) is 16.3. The largest absolute Gasteiger partial charge is 0.490 e. The first-order valence-corrected chi connectivity index (χ1v) is 19.8. The summed E-state index contributed by atoms with van der Waals surface area (Å²) in [6, 6.07) is 13.6. The van der Waals surface area contributed by atoms with E-state index >= 15 is 0 Å². The van der Waals surface area contributed by atoms with Crippen molar-refractivity contribution in [2.75, 3.05) is 40.5 Å². The molecule has 4 bridgehead atoms. The summed E-state index contributed by atoms with van der Waals surface area (Å²) in [5.41, 5.74) is 1.08. The molecule has 286 valence electrons. The van der Waals surface area contributed by atoms with Crippen molar-refractivity contribution in [3.63, 3.8) is 0 Å². The number of carboxylic acids is 2. The third kappa shape index (κ3) is 6.97. The molecular weight excluding hydrogens is 660 g/mol. The van der Waals surface area contributed by atoms with Crippen LogP contribution < -0.4 is 18.9 Å². The molecule has 4 unspecified atom stereocenters. The Bertz CT molecular complexity index is 1470. The molecule has 4 saturated heterocycles. The van der Waals surface area contributed by atoms with E-state index in [0.717, 1.165) is 96.4 Å². The zero-order chi connectivity index (χ0) is 37.3. The van der Waals surface area contributed by atoms with Crippen LogP contribution in [0.15, 0.2) is 36.4 Å². The van der Waals surface area contributed by atoms with Gasteiger partial charge in [0.15, 0.2) is 23.0 Å². The summed E-state index contributed by atoms with van der Waals surface area (Å²) in [5, 5.41) is 21.7. The summed E-state index contributed by atoms with van der Waals surface area (Å²) < 4.78 is 25.3. The van der Waals surface area contributed by atoms with Crippen LogP contribution in [0.3, 0.4) is 0 Å². The van der Waals surface area contributed by atoms with E-state index in [1.165, 1.54) is 11.1 Å². The molecule has 0 radical (unpaired) electrons. The maximum Gasteiger partial charge on any atom is 0.310 e. The van der Waals surface area contributed by atoms with Gasteiger partial charge in [-0.1, -0.05) is 0 Å². The Hall–Kier alpha value is -3.50. The van der Waals surface area contributed by atoms with Crippen molar-refractivity contribution in [2.45, 2.75) is 123 Å². The molecular formula is C42H62N2O8+2. The minimum atomic E-state index is -1.29.